The number of ether oxygens (including phenoxy) is 2. The predicted octanol–water partition coefficient (Wildman–Crippen LogP) is 5.33. The monoisotopic (exact) mass is 413 g/mol. The van der Waals surface area contributed by atoms with Crippen LogP contribution < -0.4 is 9.47 Å². The number of methoxy groups -OCH3 is 1. The largest absolute Gasteiger partial charge is 0.493 e. The second-order valence-electron chi connectivity index (χ2n) is 8.66. The first kappa shape index (κ1) is 19.8. The number of carbonyl (C=O) groups is 1. The molecule has 0 radical (unpaired) electrons. The summed E-state index contributed by atoms with van der Waals surface area (Å²) in [7, 11) is 1.67. The molecule has 2 aliphatic rings. The minimum absolute atomic E-state index is 0.128. The summed E-state index contributed by atoms with van der Waals surface area (Å²) < 4.78 is 12.0. The first-order valence-electron chi connectivity index (χ1n) is 11.1. The van der Waals surface area contributed by atoms with Crippen LogP contribution in [0.1, 0.15) is 52.7 Å². The quantitative estimate of drug-likeness (QED) is 0.513. The molecule has 1 aromatic heterocycles. The number of hydrogen-bond acceptors (Lipinski definition) is 4. The molecular weight excluding hydrogens is 386 g/mol. The molecule has 3 aromatic rings. The van der Waals surface area contributed by atoms with Gasteiger partial charge in [-0.25, -0.2) is 0 Å². The Morgan fingerprint density at radius 3 is 2.26 bits per heavy atom. The highest BCUT2D eigenvalue weighted by Gasteiger charge is 2.45. The van der Waals surface area contributed by atoms with Crippen molar-refractivity contribution in [1.82, 2.24) is 4.98 Å². The van der Waals surface area contributed by atoms with Crippen LogP contribution >= 0.6 is 0 Å². The van der Waals surface area contributed by atoms with Gasteiger partial charge in [-0.3, -0.25) is 9.78 Å². The molecule has 0 atom stereocenters. The van der Waals surface area contributed by atoms with Gasteiger partial charge in [0.25, 0.3) is 0 Å². The van der Waals surface area contributed by atoms with E-state index in [0.717, 1.165) is 29.9 Å². The molecule has 0 amide bonds. The Kier molecular flexibility index (Phi) is 5.23. The van der Waals surface area contributed by atoms with E-state index in [1.54, 1.807) is 19.5 Å². The summed E-state index contributed by atoms with van der Waals surface area (Å²) in [4.78, 5) is 18.0. The fourth-order valence-corrected chi connectivity index (χ4v) is 5.14. The maximum Gasteiger partial charge on any atom is 0.174 e. The number of carbonyl (C=O) groups excluding carboxylic acids is 1. The van der Waals surface area contributed by atoms with Gasteiger partial charge in [0.1, 0.15) is 0 Å². The van der Waals surface area contributed by atoms with E-state index in [0.29, 0.717) is 18.4 Å². The van der Waals surface area contributed by atoms with Crippen LogP contribution in [0.3, 0.4) is 0 Å². The van der Waals surface area contributed by atoms with Crippen LogP contribution in [-0.2, 0) is 18.3 Å². The first-order chi connectivity index (χ1) is 15.2. The van der Waals surface area contributed by atoms with Crippen molar-refractivity contribution in [3.8, 4) is 11.5 Å². The van der Waals surface area contributed by atoms with Gasteiger partial charge in [0.05, 0.1) is 18.6 Å². The van der Waals surface area contributed by atoms with Crippen molar-refractivity contribution in [3.05, 3.63) is 89.2 Å². The Bertz CT molecular complexity index is 1060. The van der Waals surface area contributed by atoms with E-state index >= 15 is 0 Å². The molecule has 1 fully saturated rings. The number of aromatic nitrogens is 1. The Morgan fingerprint density at radius 1 is 0.935 bits per heavy atom. The normalized spacial score (nSPS) is 17.3. The molecule has 0 aliphatic heterocycles. The van der Waals surface area contributed by atoms with E-state index in [9.17, 15) is 4.79 Å². The maximum atomic E-state index is 13.9. The lowest BCUT2D eigenvalue weighted by molar-refractivity contribution is 0.0888. The SMILES string of the molecule is COc1ccc(C2(C(=O)c3ccncc3)Cc3ccccc3C2)cc1OC1CCCC1. The van der Waals surface area contributed by atoms with Gasteiger partial charge in [-0.1, -0.05) is 30.3 Å². The number of rotatable bonds is 6. The van der Waals surface area contributed by atoms with Gasteiger partial charge in [0, 0.05) is 18.0 Å². The van der Waals surface area contributed by atoms with Crippen molar-refractivity contribution >= 4 is 5.78 Å². The standard InChI is InChI=1S/C27H27NO3/c1-30-24-11-10-22(16-25(24)31-23-8-4-5-9-23)27(26(29)19-12-14-28-15-13-19)17-20-6-2-3-7-21(20)18-27/h2-3,6-7,10-16,23H,4-5,8-9,17-18H2,1H3. The van der Waals surface area contributed by atoms with Crippen molar-refractivity contribution < 1.29 is 14.3 Å². The number of ketones is 1. The highest BCUT2D eigenvalue weighted by Crippen LogP contribution is 2.45. The highest BCUT2D eigenvalue weighted by atomic mass is 16.5. The minimum atomic E-state index is -0.662. The predicted molar refractivity (Wildman–Crippen MR) is 120 cm³/mol. The third-order valence-corrected chi connectivity index (χ3v) is 6.79. The molecule has 2 aromatic carbocycles. The maximum absolute atomic E-state index is 13.9. The summed E-state index contributed by atoms with van der Waals surface area (Å²) in [5.41, 5.74) is 3.49. The van der Waals surface area contributed by atoms with Crippen molar-refractivity contribution in [3.63, 3.8) is 0 Å². The van der Waals surface area contributed by atoms with Crippen LogP contribution in [0.4, 0.5) is 0 Å². The van der Waals surface area contributed by atoms with E-state index in [2.05, 4.69) is 29.2 Å². The zero-order valence-corrected chi connectivity index (χ0v) is 17.8. The zero-order valence-electron chi connectivity index (χ0n) is 17.8. The Hall–Kier alpha value is -3.14. The van der Waals surface area contributed by atoms with Crippen molar-refractivity contribution in [2.24, 2.45) is 0 Å². The zero-order chi connectivity index (χ0) is 21.3. The fourth-order valence-electron chi connectivity index (χ4n) is 5.14. The number of Topliss-reactive ketones (excluding diaryl/α,β-unsaturated/α-hetero) is 1. The van der Waals surface area contributed by atoms with Crippen LogP contribution in [0.15, 0.2) is 67.0 Å². The molecule has 1 heterocycles. The summed E-state index contributed by atoms with van der Waals surface area (Å²) >= 11 is 0. The Morgan fingerprint density at radius 2 is 1.61 bits per heavy atom. The van der Waals surface area contributed by atoms with Crippen LogP contribution in [0, 0.1) is 0 Å². The Labute approximate surface area is 183 Å². The van der Waals surface area contributed by atoms with Crippen molar-refractivity contribution in [2.75, 3.05) is 7.11 Å². The molecular formula is C27H27NO3. The molecule has 0 bridgehead atoms. The highest BCUT2D eigenvalue weighted by molar-refractivity contribution is 6.05. The summed E-state index contributed by atoms with van der Waals surface area (Å²) in [6.07, 6.45) is 9.49. The average molecular weight is 414 g/mol. The van der Waals surface area contributed by atoms with Gasteiger partial charge < -0.3 is 9.47 Å². The third-order valence-electron chi connectivity index (χ3n) is 6.79. The lowest BCUT2D eigenvalue weighted by Gasteiger charge is -2.29. The van der Waals surface area contributed by atoms with Gasteiger partial charge in [0.2, 0.25) is 0 Å². The summed E-state index contributed by atoms with van der Waals surface area (Å²) in [6, 6.07) is 18.0. The van der Waals surface area contributed by atoms with Crippen LogP contribution in [0.2, 0.25) is 0 Å². The fraction of sp³-hybridized carbons (Fsp3) is 0.333. The molecule has 0 saturated heterocycles. The molecule has 158 valence electrons. The molecule has 4 heteroatoms. The molecule has 4 nitrogen and oxygen atoms in total. The number of benzene rings is 2. The second kappa shape index (κ2) is 8.18. The van der Waals surface area contributed by atoms with Gasteiger partial charge in [-0.2, -0.15) is 0 Å². The summed E-state index contributed by atoms with van der Waals surface area (Å²) in [5.74, 6) is 1.59. The summed E-state index contributed by atoms with van der Waals surface area (Å²) in [6.45, 7) is 0. The molecule has 5 rings (SSSR count). The third kappa shape index (κ3) is 3.60. The van der Waals surface area contributed by atoms with Gasteiger partial charge >= 0.3 is 0 Å². The van der Waals surface area contributed by atoms with E-state index in [1.165, 1.54) is 24.0 Å². The molecule has 0 spiro atoms. The molecule has 0 N–H and O–H groups in total. The van der Waals surface area contributed by atoms with Gasteiger partial charge in [0.15, 0.2) is 17.3 Å². The Balaban J connectivity index is 1.60. The van der Waals surface area contributed by atoms with E-state index < -0.39 is 5.41 Å². The first-order valence-corrected chi connectivity index (χ1v) is 11.1. The topological polar surface area (TPSA) is 48.4 Å². The average Bonchev–Trinajstić information content (AvgIpc) is 3.47. The van der Waals surface area contributed by atoms with Gasteiger partial charge in [-0.05, 0) is 79.5 Å². The number of pyridine rings is 1. The van der Waals surface area contributed by atoms with Gasteiger partial charge in [-0.15, -0.1) is 0 Å². The number of fused-ring (bicyclic) bond motifs is 1. The lowest BCUT2D eigenvalue weighted by atomic mass is 9.72. The number of nitrogens with zero attached hydrogens (tertiary/aromatic N) is 1. The smallest absolute Gasteiger partial charge is 0.174 e. The van der Waals surface area contributed by atoms with E-state index in [1.807, 2.05) is 30.3 Å². The summed E-state index contributed by atoms with van der Waals surface area (Å²) in [5, 5.41) is 0. The lowest BCUT2D eigenvalue weighted by Crippen LogP contribution is -2.37. The second-order valence-corrected chi connectivity index (χ2v) is 8.66. The van der Waals surface area contributed by atoms with Crippen LogP contribution in [0.25, 0.3) is 0 Å². The van der Waals surface area contributed by atoms with Crippen LogP contribution in [0.5, 0.6) is 11.5 Å². The minimum Gasteiger partial charge on any atom is -0.493 e. The molecule has 1 saturated carbocycles. The van der Waals surface area contributed by atoms with Crippen LogP contribution in [-0.4, -0.2) is 24.0 Å². The van der Waals surface area contributed by atoms with E-state index in [4.69, 9.17) is 9.47 Å². The molecule has 2 aliphatic carbocycles. The molecule has 0 unspecified atom stereocenters. The number of hydrogen-bond donors (Lipinski definition) is 0. The molecule has 31 heavy (non-hydrogen) atoms. The van der Waals surface area contributed by atoms with Crippen molar-refractivity contribution in [2.45, 2.75) is 50.0 Å². The van der Waals surface area contributed by atoms with E-state index in [-0.39, 0.29) is 11.9 Å². The van der Waals surface area contributed by atoms with Crippen molar-refractivity contribution in [1.29, 1.82) is 0 Å².